The Bertz CT molecular complexity index is 459. The second kappa shape index (κ2) is 3.04. The summed E-state index contributed by atoms with van der Waals surface area (Å²) >= 11 is 6.37. The zero-order valence-corrected chi connectivity index (χ0v) is 8.87. The van der Waals surface area contributed by atoms with Crippen molar-refractivity contribution in [2.75, 3.05) is 0 Å². The fourth-order valence-electron chi connectivity index (χ4n) is 1.00. The third-order valence-corrected chi connectivity index (χ3v) is 2.88. The smallest absolute Gasteiger partial charge is 0.176 e. The molecule has 0 aromatic carbocycles. The number of aromatic amines is 1. The summed E-state index contributed by atoms with van der Waals surface area (Å²) in [5, 5.41) is 11.9. The number of H-pyrrole nitrogens is 1. The van der Waals surface area contributed by atoms with Crippen LogP contribution in [0.25, 0.3) is 10.7 Å². The molecule has 4 nitrogen and oxygen atoms in total. The van der Waals surface area contributed by atoms with E-state index in [-0.39, 0.29) is 0 Å². The molecule has 1 N–H and O–H groups in total. The van der Waals surface area contributed by atoms with Gasteiger partial charge in [-0.25, -0.2) is 0 Å². The van der Waals surface area contributed by atoms with Crippen molar-refractivity contribution in [3.05, 3.63) is 15.7 Å². The molecule has 0 saturated heterocycles. The predicted molar refractivity (Wildman–Crippen MR) is 54.2 cm³/mol. The summed E-state index contributed by atoms with van der Waals surface area (Å²) in [7, 11) is 1.91. The first-order valence-corrected chi connectivity index (χ1v) is 4.96. The van der Waals surface area contributed by atoms with E-state index in [1.807, 2.05) is 24.7 Å². The van der Waals surface area contributed by atoms with E-state index in [2.05, 4.69) is 15.3 Å². The van der Waals surface area contributed by atoms with Crippen LogP contribution in [-0.2, 0) is 7.05 Å². The first kappa shape index (κ1) is 8.58. The van der Waals surface area contributed by atoms with Gasteiger partial charge in [0, 0.05) is 12.7 Å². The van der Waals surface area contributed by atoms with Gasteiger partial charge in [-0.1, -0.05) is 11.3 Å². The highest BCUT2D eigenvalue weighted by Gasteiger charge is 2.06. The van der Waals surface area contributed by atoms with Gasteiger partial charge in [0.25, 0.3) is 0 Å². The van der Waals surface area contributed by atoms with Gasteiger partial charge >= 0.3 is 0 Å². The van der Waals surface area contributed by atoms with E-state index >= 15 is 0 Å². The van der Waals surface area contributed by atoms with Crippen LogP contribution < -0.4 is 0 Å². The molecule has 6 heteroatoms. The van der Waals surface area contributed by atoms with Crippen LogP contribution in [0.4, 0.5) is 0 Å². The Morgan fingerprint density at radius 1 is 1.62 bits per heavy atom. The van der Waals surface area contributed by atoms with Crippen molar-refractivity contribution in [1.82, 2.24) is 20.0 Å². The Labute approximate surface area is 84.2 Å². The van der Waals surface area contributed by atoms with Crippen LogP contribution in [0.2, 0.25) is 0 Å². The monoisotopic (exact) mass is 212 g/mol. The summed E-state index contributed by atoms with van der Waals surface area (Å²) < 4.78 is 2.50. The van der Waals surface area contributed by atoms with E-state index in [0.717, 1.165) is 16.4 Å². The summed E-state index contributed by atoms with van der Waals surface area (Å²) in [6, 6.07) is 1.99. The van der Waals surface area contributed by atoms with Gasteiger partial charge in [-0.05, 0) is 25.2 Å². The van der Waals surface area contributed by atoms with Gasteiger partial charge in [0.15, 0.2) is 8.96 Å². The maximum atomic E-state index is 4.94. The van der Waals surface area contributed by atoms with Crippen LogP contribution in [0, 0.1) is 10.9 Å². The van der Waals surface area contributed by atoms with Crippen LogP contribution in [0.3, 0.4) is 0 Å². The Morgan fingerprint density at radius 2 is 2.38 bits per heavy atom. The molecule has 0 spiro atoms. The van der Waals surface area contributed by atoms with Crippen molar-refractivity contribution in [3.8, 4) is 10.7 Å². The first-order valence-electron chi connectivity index (χ1n) is 3.73. The number of nitrogens with one attached hydrogen (secondary N) is 1. The van der Waals surface area contributed by atoms with Crippen LogP contribution in [-0.4, -0.2) is 20.0 Å². The minimum atomic E-state index is 0.679. The molecule has 0 saturated carbocycles. The van der Waals surface area contributed by atoms with Gasteiger partial charge in [0.05, 0.1) is 0 Å². The van der Waals surface area contributed by atoms with Crippen molar-refractivity contribution >= 4 is 23.6 Å². The molecular formula is C7H8N4S2. The van der Waals surface area contributed by atoms with Gasteiger partial charge in [0.2, 0.25) is 0 Å². The lowest BCUT2D eigenvalue weighted by atomic mass is 10.4. The molecule has 0 aliphatic carbocycles. The van der Waals surface area contributed by atoms with E-state index in [4.69, 9.17) is 12.2 Å². The molecule has 68 valence electrons. The summed E-state index contributed by atoms with van der Waals surface area (Å²) in [6.07, 6.45) is 0. The lowest BCUT2D eigenvalue weighted by Gasteiger charge is -1.88. The number of nitrogens with zero attached hydrogens (tertiary/aromatic N) is 3. The SMILES string of the molecule is Cc1cc(-c2n[nH]c(=S)s2)nn1C. The van der Waals surface area contributed by atoms with Crippen LogP contribution in [0.15, 0.2) is 6.07 Å². The van der Waals surface area contributed by atoms with Crippen molar-refractivity contribution < 1.29 is 0 Å². The van der Waals surface area contributed by atoms with E-state index in [1.165, 1.54) is 11.3 Å². The zero-order valence-electron chi connectivity index (χ0n) is 7.24. The molecule has 0 bridgehead atoms. The summed E-state index contributed by atoms with van der Waals surface area (Å²) in [5.41, 5.74) is 1.98. The summed E-state index contributed by atoms with van der Waals surface area (Å²) in [5.74, 6) is 0. The van der Waals surface area contributed by atoms with Crippen molar-refractivity contribution in [1.29, 1.82) is 0 Å². The van der Waals surface area contributed by atoms with Crippen molar-refractivity contribution in [3.63, 3.8) is 0 Å². The number of hydrogen-bond donors (Lipinski definition) is 1. The quantitative estimate of drug-likeness (QED) is 0.734. The van der Waals surface area contributed by atoms with Crippen LogP contribution in [0.1, 0.15) is 5.69 Å². The second-order valence-electron chi connectivity index (χ2n) is 2.71. The van der Waals surface area contributed by atoms with E-state index < -0.39 is 0 Å². The summed E-state index contributed by atoms with van der Waals surface area (Å²) in [4.78, 5) is 0. The second-order valence-corrected chi connectivity index (χ2v) is 4.38. The predicted octanol–water partition coefficient (Wildman–Crippen LogP) is 1.91. The molecule has 0 unspecified atom stereocenters. The molecule has 0 atom stereocenters. The van der Waals surface area contributed by atoms with Crippen molar-refractivity contribution in [2.45, 2.75) is 6.92 Å². The molecule has 0 aliphatic heterocycles. The van der Waals surface area contributed by atoms with Crippen LogP contribution in [0.5, 0.6) is 0 Å². The Kier molecular flexibility index (Phi) is 2.01. The van der Waals surface area contributed by atoms with Gasteiger partial charge in [-0.15, -0.1) is 0 Å². The minimum absolute atomic E-state index is 0.679. The number of rotatable bonds is 1. The molecule has 0 aliphatic rings. The zero-order chi connectivity index (χ0) is 9.42. The standard InChI is InChI=1S/C7H8N4S2/c1-4-3-5(10-11(4)2)6-8-9-7(12)13-6/h3H,1-2H3,(H,9,12). The Morgan fingerprint density at radius 3 is 2.85 bits per heavy atom. The van der Waals surface area contributed by atoms with Gasteiger partial charge in [-0.3, -0.25) is 9.78 Å². The molecule has 13 heavy (non-hydrogen) atoms. The van der Waals surface area contributed by atoms with Gasteiger partial charge < -0.3 is 0 Å². The molecule has 2 rings (SSSR count). The van der Waals surface area contributed by atoms with Gasteiger partial charge in [-0.2, -0.15) is 10.2 Å². The average Bonchev–Trinajstić information content (AvgIpc) is 2.61. The van der Waals surface area contributed by atoms with Gasteiger partial charge in [0.1, 0.15) is 5.69 Å². The topological polar surface area (TPSA) is 46.5 Å². The largest absolute Gasteiger partial charge is 0.272 e. The Hall–Kier alpha value is -1.01. The molecule has 2 heterocycles. The third-order valence-electron chi connectivity index (χ3n) is 1.77. The number of aromatic nitrogens is 4. The van der Waals surface area contributed by atoms with Crippen molar-refractivity contribution in [2.24, 2.45) is 7.05 Å². The lowest BCUT2D eigenvalue weighted by molar-refractivity contribution is 0.742. The first-order chi connectivity index (χ1) is 6.16. The Balaban J connectivity index is 2.52. The van der Waals surface area contributed by atoms with E-state index in [1.54, 1.807) is 0 Å². The molecule has 2 aromatic heterocycles. The minimum Gasteiger partial charge on any atom is -0.272 e. The maximum absolute atomic E-state index is 4.94. The molecule has 0 radical (unpaired) electrons. The highest BCUT2D eigenvalue weighted by atomic mass is 32.1. The highest BCUT2D eigenvalue weighted by molar-refractivity contribution is 7.73. The fraction of sp³-hybridized carbons (Fsp3) is 0.286. The fourth-order valence-corrected chi connectivity index (χ4v) is 1.85. The molecule has 0 fully saturated rings. The highest BCUT2D eigenvalue weighted by Crippen LogP contribution is 2.20. The van der Waals surface area contributed by atoms with E-state index in [9.17, 15) is 0 Å². The summed E-state index contributed by atoms with van der Waals surface area (Å²) in [6.45, 7) is 2.00. The number of hydrogen-bond acceptors (Lipinski definition) is 4. The molecular weight excluding hydrogens is 204 g/mol. The lowest BCUT2D eigenvalue weighted by Crippen LogP contribution is -1.92. The van der Waals surface area contributed by atoms with Crippen LogP contribution >= 0.6 is 23.6 Å². The molecule has 2 aromatic rings. The third kappa shape index (κ3) is 1.54. The number of aryl methyl sites for hydroxylation is 2. The van der Waals surface area contributed by atoms with E-state index in [0.29, 0.717) is 3.95 Å². The maximum Gasteiger partial charge on any atom is 0.176 e. The molecule has 0 amide bonds. The average molecular weight is 212 g/mol. The normalized spacial score (nSPS) is 10.6.